The van der Waals surface area contributed by atoms with Gasteiger partial charge in [0.05, 0.1) is 14.2 Å². The Morgan fingerprint density at radius 1 is 1.19 bits per heavy atom. The molecule has 0 saturated heterocycles. The smallest absolute Gasteiger partial charge is 0.0820 e. The zero-order valence-electron chi connectivity index (χ0n) is 11.2. The van der Waals surface area contributed by atoms with E-state index in [0.717, 1.165) is 6.42 Å². The molecule has 1 atom stereocenters. The highest BCUT2D eigenvalue weighted by atomic mass is 28.3. The van der Waals surface area contributed by atoms with Crippen LogP contribution >= 0.6 is 0 Å². The zero-order chi connectivity index (χ0) is 12.2. The minimum atomic E-state index is -1.27. The third-order valence-corrected chi connectivity index (χ3v) is 5.02. The molecular weight excluding hydrogens is 212 g/mol. The summed E-state index contributed by atoms with van der Waals surface area (Å²) in [6, 6.07) is 8.79. The van der Waals surface area contributed by atoms with Crippen molar-refractivity contribution in [1.29, 1.82) is 0 Å². The second kappa shape index (κ2) is 5.64. The van der Waals surface area contributed by atoms with Gasteiger partial charge in [0.15, 0.2) is 0 Å². The van der Waals surface area contributed by atoms with Gasteiger partial charge in [-0.15, -0.1) is 0 Å². The van der Waals surface area contributed by atoms with Gasteiger partial charge in [-0.05, 0) is 12.0 Å². The molecule has 0 radical (unpaired) electrons. The molecule has 90 valence electrons. The Balaban J connectivity index is 3.11. The maximum Gasteiger partial charge on any atom is 0.0820 e. The van der Waals surface area contributed by atoms with E-state index in [4.69, 9.17) is 4.74 Å². The summed E-state index contributed by atoms with van der Waals surface area (Å²) in [6.07, 6.45) is 2.55. The number of hydrogen-bond donors (Lipinski definition) is 0. The number of hydrogen-bond acceptors (Lipinski definition) is 1. The first kappa shape index (κ1) is 13.5. The molecule has 1 aromatic rings. The second-order valence-corrected chi connectivity index (χ2v) is 10.4. The van der Waals surface area contributed by atoms with Crippen molar-refractivity contribution in [3.8, 4) is 0 Å². The molecule has 0 bridgehead atoms. The SMILES string of the molecule is CCCC(OC)c1ccccc1[Si](C)(C)C. The molecule has 0 fully saturated rings. The van der Waals surface area contributed by atoms with Crippen LogP contribution in [0, 0.1) is 0 Å². The van der Waals surface area contributed by atoms with Gasteiger partial charge in [-0.3, -0.25) is 0 Å². The second-order valence-electron chi connectivity index (χ2n) is 5.35. The quantitative estimate of drug-likeness (QED) is 0.708. The summed E-state index contributed by atoms with van der Waals surface area (Å²) in [7, 11) is 0.555. The van der Waals surface area contributed by atoms with Gasteiger partial charge in [-0.1, -0.05) is 62.4 Å². The Hall–Kier alpha value is -0.603. The van der Waals surface area contributed by atoms with Gasteiger partial charge in [0.2, 0.25) is 0 Å². The van der Waals surface area contributed by atoms with Crippen LogP contribution in [0.2, 0.25) is 19.6 Å². The summed E-state index contributed by atoms with van der Waals surface area (Å²) >= 11 is 0. The Morgan fingerprint density at radius 3 is 2.31 bits per heavy atom. The predicted octanol–water partition coefficient (Wildman–Crippen LogP) is 3.72. The Bertz CT molecular complexity index is 328. The summed E-state index contributed by atoms with van der Waals surface area (Å²) < 4.78 is 5.63. The van der Waals surface area contributed by atoms with E-state index in [2.05, 4.69) is 50.8 Å². The fraction of sp³-hybridized carbons (Fsp3) is 0.571. The molecule has 1 aromatic carbocycles. The molecule has 0 heterocycles. The van der Waals surface area contributed by atoms with Gasteiger partial charge in [-0.2, -0.15) is 0 Å². The monoisotopic (exact) mass is 236 g/mol. The molecule has 1 unspecified atom stereocenters. The molecule has 0 aliphatic rings. The molecule has 0 aromatic heterocycles. The van der Waals surface area contributed by atoms with E-state index in [-0.39, 0.29) is 6.10 Å². The highest BCUT2D eigenvalue weighted by Crippen LogP contribution is 2.22. The number of methoxy groups -OCH3 is 1. The maximum absolute atomic E-state index is 5.63. The topological polar surface area (TPSA) is 9.23 Å². The van der Waals surface area contributed by atoms with Gasteiger partial charge in [0.1, 0.15) is 0 Å². The van der Waals surface area contributed by atoms with Crippen molar-refractivity contribution in [2.24, 2.45) is 0 Å². The van der Waals surface area contributed by atoms with Crippen LogP contribution in [0.25, 0.3) is 0 Å². The van der Waals surface area contributed by atoms with Crippen LogP contribution in [0.5, 0.6) is 0 Å². The Labute approximate surface area is 101 Å². The average Bonchev–Trinajstić information content (AvgIpc) is 2.25. The first-order valence-electron chi connectivity index (χ1n) is 6.13. The predicted molar refractivity (Wildman–Crippen MR) is 74.1 cm³/mol. The first-order chi connectivity index (χ1) is 7.50. The van der Waals surface area contributed by atoms with Crippen molar-refractivity contribution in [2.75, 3.05) is 7.11 Å². The van der Waals surface area contributed by atoms with Crippen molar-refractivity contribution in [3.63, 3.8) is 0 Å². The normalized spacial score (nSPS) is 13.8. The zero-order valence-corrected chi connectivity index (χ0v) is 12.2. The molecule has 16 heavy (non-hydrogen) atoms. The lowest BCUT2D eigenvalue weighted by Crippen LogP contribution is -2.40. The third kappa shape index (κ3) is 3.19. The molecule has 1 nitrogen and oxygen atoms in total. The lowest BCUT2D eigenvalue weighted by molar-refractivity contribution is 0.0957. The summed E-state index contributed by atoms with van der Waals surface area (Å²) in [5.41, 5.74) is 1.41. The van der Waals surface area contributed by atoms with Gasteiger partial charge in [0.25, 0.3) is 0 Å². The van der Waals surface area contributed by atoms with Gasteiger partial charge in [-0.25, -0.2) is 0 Å². The number of rotatable bonds is 5. The molecule has 0 saturated carbocycles. The molecule has 1 rings (SSSR count). The molecule has 0 amide bonds. The number of ether oxygens (including phenoxy) is 1. The minimum absolute atomic E-state index is 0.271. The molecule has 0 spiro atoms. The van der Waals surface area contributed by atoms with E-state index in [1.165, 1.54) is 17.2 Å². The Morgan fingerprint density at radius 2 is 1.81 bits per heavy atom. The van der Waals surface area contributed by atoms with E-state index in [1.54, 1.807) is 0 Å². The van der Waals surface area contributed by atoms with E-state index < -0.39 is 8.07 Å². The van der Waals surface area contributed by atoms with Gasteiger partial charge in [0, 0.05) is 7.11 Å². The van der Waals surface area contributed by atoms with E-state index >= 15 is 0 Å². The van der Waals surface area contributed by atoms with Crippen LogP contribution in [0.4, 0.5) is 0 Å². The van der Waals surface area contributed by atoms with E-state index in [0.29, 0.717) is 0 Å². The van der Waals surface area contributed by atoms with Crippen molar-refractivity contribution >= 4 is 13.3 Å². The first-order valence-corrected chi connectivity index (χ1v) is 9.63. The molecule has 0 aliphatic heterocycles. The van der Waals surface area contributed by atoms with Crippen LogP contribution in [-0.2, 0) is 4.74 Å². The highest BCUT2D eigenvalue weighted by Gasteiger charge is 2.23. The van der Waals surface area contributed by atoms with Crippen LogP contribution in [0.3, 0.4) is 0 Å². The van der Waals surface area contributed by atoms with Crippen molar-refractivity contribution in [1.82, 2.24) is 0 Å². The fourth-order valence-electron chi connectivity index (χ4n) is 2.12. The Kier molecular flexibility index (Phi) is 4.75. The van der Waals surface area contributed by atoms with Crippen molar-refractivity contribution in [3.05, 3.63) is 29.8 Å². The van der Waals surface area contributed by atoms with Crippen LogP contribution in [-0.4, -0.2) is 15.2 Å². The summed E-state index contributed by atoms with van der Waals surface area (Å²) in [5.74, 6) is 0. The van der Waals surface area contributed by atoms with Crippen molar-refractivity contribution in [2.45, 2.75) is 45.5 Å². The molecule has 0 aliphatic carbocycles. The van der Waals surface area contributed by atoms with Crippen LogP contribution in [0.1, 0.15) is 31.4 Å². The van der Waals surface area contributed by atoms with E-state index in [1.807, 2.05) is 7.11 Å². The lowest BCUT2D eigenvalue weighted by Gasteiger charge is -2.25. The molecular formula is C14H24OSi. The average molecular weight is 236 g/mol. The fourth-order valence-corrected chi connectivity index (χ4v) is 3.83. The summed E-state index contributed by atoms with van der Waals surface area (Å²) in [4.78, 5) is 0. The largest absolute Gasteiger partial charge is 0.377 e. The van der Waals surface area contributed by atoms with E-state index in [9.17, 15) is 0 Å². The maximum atomic E-state index is 5.63. The summed E-state index contributed by atoms with van der Waals surface area (Å²) in [5, 5.41) is 1.54. The molecule has 2 heteroatoms. The summed E-state index contributed by atoms with van der Waals surface area (Å²) in [6.45, 7) is 9.39. The lowest BCUT2D eigenvalue weighted by atomic mass is 10.1. The molecule has 0 N–H and O–H groups in total. The standard InChI is InChI=1S/C14H24OSi/c1-6-9-13(15-2)12-10-7-8-11-14(12)16(3,4)5/h7-8,10-11,13H,6,9H2,1-5H3. The number of benzene rings is 1. The van der Waals surface area contributed by atoms with Gasteiger partial charge >= 0.3 is 0 Å². The van der Waals surface area contributed by atoms with Crippen molar-refractivity contribution < 1.29 is 4.74 Å². The minimum Gasteiger partial charge on any atom is -0.377 e. The highest BCUT2D eigenvalue weighted by molar-refractivity contribution is 6.89. The van der Waals surface area contributed by atoms with Gasteiger partial charge < -0.3 is 4.74 Å². The van der Waals surface area contributed by atoms with Crippen LogP contribution < -0.4 is 5.19 Å². The van der Waals surface area contributed by atoms with Crippen LogP contribution in [0.15, 0.2) is 24.3 Å². The third-order valence-electron chi connectivity index (χ3n) is 2.95.